The van der Waals surface area contributed by atoms with Gasteiger partial charge in [-0.05, 0) is 19.3 Å². The van der Waals surface area contributed by atoms with Gasteiger partial charge in [-0.3, -0.25) is 4.79 Å². The molecular weight excluding hydrogens is 280 g/mol. The van der Waals surface area contributed by atoms with Gasteiger partial charge in [-0.15, -0.1) is 0 Å². The topological polar surface area (TPSA) is 60.2 Å². The van der Waals surface area contributed by atoms with Gasteiger partial charge in [-0.25, -0.2) is 9.67 Å². The highest BCUT2D eigenvalue weighted by Gasteiger charge is 2.22. The monoisotopic (exact) mass is 308 g/mol. The predicted molar refractivity (Wildman–Crippen MR) is 84.7 cm³/mol. The number of hydrogen-bond donors (Lipinski definition) is 0. The fourth-order valence-corrected chi connectivity index (χ4v) is 2.64. The Bertz CT molecular complexity index is 478. The molecule has 2 rings (SSSR count). The van der Waals surface area contributed by atoms with Crippen molar-refractivity contribution in [2.24, 2.45) is 0 Å². The third kappa shape index (κ3) is 4.53. The Morgan fingerprint density at radius 2 is 2.09 bits per heavy atom. The second-order valence-corrected chi connectivity index (χ2v) is 6.14. The summed E-state index contributed by atoms with van der Waals surface area (Å²) in [5, 5.41) is 4.72. The van der Waals surface area contributed by atoms with Gasteiger partial charge in [0.25, 0.3) is 0 Å². The fourth-order valence-electron chi connectivity index (χ4n) is 2.64. The van der Waals surface area contributed by atoms with E-state index in [1.54, 1.807) is 19.0 Å². The molecule has 124 valence electrons. The minimum atomic E-state index is 0.137. The van der Waals surface area contributed by atoms with Gasteiger partial charge in [-0.2, -0.15) is 5.10 Å². The summed E-state index contributed by atoms with van der Waals surface area (Å²) in [6.45, 7) is 4.65. The van der Waals surface area contributed by atoms with Gasteiger partial charge in [0, 0.05) is 52.6 Å². The van der Waals surface area contributed by atoms with E-state index < -0.39 is 0 Å². The first-order valence-corrected chi connectivity index (χ1v) is 8.33. The summed E-state index contributed by atoms with van der Waals surface area (Å²) in [6.07, 6.45) is 5.36. The molecule has 1 aliphatic heterocycles. The van der Waals surface area contributed by atoms with Gasteiger partial charge in [0.05, 0.1) is 0 Å². The molecule has 22 heavy (non-hydrogen) atoms. The van der Waals surface area contributed by atoms with Crippen molar-refractivity contribution in [3.63, 3.8) is 0 Å². The lowest BCUT2D eigenvalue weighted by Crippen LogP contribution is -2.22. The van der Waals surface area contributed by atoms with Crippen molar-refractivity contribution in [3.05, 3.63) is 11.6 Å². The lowest BCUT2D eigenvalue weighted by molar-refractivity contribution is -0.128. The molecule has 0 unspecified atom stereocenters. The van der Waals surface area contributed by atoms with Crippen molar-refractivity contribution < 1.29 is 9.53 Å². The molecular formula is C16H28N4O2. The maximum atomic E-state index is 11.8. The Morgan fingerprint density at radius 1 is 1.36 bits per heavy atom. The van der Waals surface area contributed by atoms with Gasteiger partial charge in [0.2, 0.25) is 5.91 Å². The van der Waals surface area contributed by atoms with Crippen molar-refractivity contribution >= 4 is 5.91 Å². The molecule has 0 N–H and O–H groups in total. The highest BCUT2D eigenvalue weighted by Crippen LogP contribution is 2.24. The molecule has 0 bridgehead atoms. The number of carbonyl (C=O) groups is 1. The van der Waals surface area contributed by atoms with Crippen LogP contribution in [0.4, 0.5) is 0 Å². The van der Waals surface area contributed by atoms with Crippen LogP contribution in [-0.4, -0.2) is 52.9 Å². The Balaban J connectivity index is 2.07. The first-order chi connectivity index (χ1) is 10.6. The lowest BCUT2D eigenvalue weighted by atomic mass is 10.00. The number of ether oxygens (including phenoxy) is 1. The molecule has 2 heterocycles. The Morgan fingerprint density at radius 3 is 2.73 bits per heavy atom. The quantitative estimate of drug-likeness (QED) is 0.773. The normalized spacial score (nSPS) is 16.0. The average molecular weight is 308 g/mol. The van der Waals surface area contributed by atoms with E-state index in [1.807, 2.05) is 4.68 Å². The molecule has 1 aromatic rings. The Kier molecular flexibility index (Phi) is 6.36. The summed E-state index contributed by atoms with van der Waals surface area (Å²) >= 11 is 0. The van der Waals surface area contributed by atoms with E-state index in [0.29, 0.717) is 18.8 Å². The van der Waals surface area contributed by atoms with Crippen LogP contribution in [0.25, 0.3) is 0 Å². The van der Waals surface area contributed by atoms with Gasteiger partial charge in [0.15, 0.2) is 5.82 Å². The van der Waals surface area contributed by atoms with Crippen molar-refractivity contribution in [3.8, 4) is 0 Å². The molecule has 6 heteroatoms. The highest BCUT2D eigenvalue weighted by molar-refractivity contribution is 5.75. The van der Waals surface area contributed by atoms with Gasteiger partial charge in [-0.1, -0.05) is 13.3 Å². The van der Waals surface area contributed by atoms with E-state index in [0.717, 1.165) is 57.1 Å². The minimum Gasteiger partial charge on any atom is -0.381 e. The van der Waals surface area contributed by atoms with Gasteiger partial charge >= 0.3 is 0 Å². The van der Waals surface area contributed by atoms with Crippen molar-refractivity contribution in [2.75, 3.05) is 27.3 Å². The third-order valence-electron chi connectivity index (χ3n) is 4.14. The zero-order valence-electron chi connectivity index (χ0n) is 14.0. The third-order valence-corrected chi connectivity index (χ3v) is 4.14. The van der Waals surface area contributed by atoms with Crippen molar-refractivity contribution in [2.45, 2.75) is 57.9 Å². The van der Waals surface area contributed by atoms with Gasteiger partial charge < -0.3 is 9.64 Å². The number of aromatic nitrogens is 3. The first kappa shape index (κ1) is 16.9. The number of unbranched alkanes of at least 4 members (excludes halogenated alkanes) is 1. The molecule has 1 aromatic heterocycles. The van der Waals surface area contributed by atoms with Crippen molar-refractivity contribution in [1.82, 2.24) is 19.7 Å². The zero-order valence-corrected chi connectivity index (χ0v) is 14.0. The molecule has 0 atom stereocenters. The fraction of sp³-hybridized carbons (Fsp3) is 0.812. The zero-order chi connectivity index (χ0) is 15.9. The van der Waals surface area contributed by atoms with Crippen LogP contribution in [-0.2, 0) is 22.5 Å². The number of rotatable bonds is 7. The summed E-state index contributed by atoms with van der Waals surface area (Å²) in [5.41, 5.74) is 0. The maximum Gasteiger partial charge on any atom is 0.222 e. The summed E-state index contributed by atoms with van der Waals surface area (Å²) in [7, 11) is 3.58. The van der Waals surface area contributed by atoms with Crippen LogP contribution in [0.3, 0.4) is 0 Å². The summed E-state index contributed by atoms with van der Waals surface area (Å²) in [4.78, 5) is 18.2. The molecule has 1 saturated heterocycles. The van der Waals surface area contributed by atoms with E-state index in [-0.39, 0.29) is 5.91 Å². The molecule has 0 aliphatic carbocycles. The summed E-state index contributed by atoms with van der Waals surface area (Å²) in [5.74, 6) is 2.43. The van der Waals surface area contributed by atoms with E-state index in [4.69, 9.17) is 14.8 Å². The van der Waals surface area contributed by atoms with Crippen LogP contribution >= 0.6 is 0 Å². The molecule has 1 fully saturated rings. The van der Waals surface area contributed by atoms with E-state index >= 15 is 0 Å². The number of hydrogen-bond acceptors (Lipinski definition) is 4. The minimum absolute atomic E-state index is 0.137. The Labute approximate surface area is 132 Å². The molecule has 1 aliphatic rings. The lowest BCUT2D eigenvalue weighted by Gasteiger charge is -2.18. The molecule has 0 aromatic carbocycles. The van der Waals surface area contributed by atoms with Crippen molar-refractivity contribution in [1.29, 1.82) is 0 Å². The van der Waals surface area contributed by atoms with Crippen LogP contribution < -0.4 is 0 Å². The largest absolute Gasteiger partial charge is 0.381 e. The Hall–Kier alpha value is -1.43. The van der Waals surface area contributed by atoms with Crippen LogP contribution in [0.15, 0.2) is 0 Å². The number of amides is 1. The smallest absolute Gasteiger partial charge is 0.222 e. The molecule has 0 saturated carbocycles. The summed E-state index contributed by atoms with van der Waals surface area (Å²) < 4.78 is 7.43. The molecule has 0 spiro atoms. The van der Waals surface area contributed by atoms with Crippen LogP contribution in [0, 0.1) is 0 Å². The van der Waals surface area contributed by atoms with E-state index in [9.17, 15) is 4.79 Å². The predicted octanol–water partition coefficient (Wildman–Crippen LogP) is 1.99. The molecule has 6 nitrogen and oxygen atoms in total. The number of carbonyl (C=O) groups excluding carboxylic acids is 1. The number of aryl methyl sites for hydroxylation is 2. The maximum absolute atomic E-state index is 11.8. The van der Waals surface area contributed by atoms with Crippen LogP contribution in [0.2, 0.25) is 0 Å². The molecule has 1 amide bonds. The highest BCUT2D eigenvalue weighted by atomic mass is 16.5. The number of nitrogens with zero attached hydrogens (tertiary/aromatic N) is 4. The van der Waals surface area contributed by atoms with E-state index in [2.05, 4.69) is 6.92 Å². The second-order valence-electron chi connectivity index (χ2n) is 6.14. The standard InChI is InChI=1S/C16H28N4O2/c1-4-5-10-20-14(6-7-15(21)19(2)3)17-16(18-20)13-8-11-22-12-9-13/h13H,4-12H2,1-3H3. The van der Waals surface area contributed by atoms with Gasteiger partial charge in [0.1, 0.15) is 5.82 Å². The first-order valence-electron chi connectivity index (χ1n) is 8.33. The average Bonchev–Trinajstić information content (AvgIpc) is 2.94. The summed E-state index contributed by atoms with van der Waals surface area (Å²) in [6, 6.07) is 0. The van der Waals surface area contributed by atoms with E-state index in [1.165, 1.54) is 0 Å². The second kappa shape index (κ2) is 8.27. The van der Waals surface area contributed by atoms with Crippen LogP contribution in [0.1, 0.15) is 56.6 Å². The van der Waals surface area contributed by atoms with Crippen LogP contribution in [0.5, 0.6) is 0 Å². The molecule has 0 radical (unpaired) electrons. The SMILES string of the molecule is CCCCn1nc(C2CCOCC2)nc1CCC(=O)N(C)C.